The Morgan fingerprint density at radius 3 is 2.43 bits per heavy atom. The highest BCUT2D eigenvalue weighted by atomic mass is 16.2. The molecule has 2 aromatic rings. The Bertz CT molecular complexity index is 1140. The molecule has 6 nitrogen and oxygen atoms in total. The largest absolute Gasteiger partial charge is 0.297 e. The van der Waals surface area contributed by atoms with Crippen molar-refractivity contribution in [2.45, 2.75) is 32.9 Å². The topological polar surface area (TPSA) is 70.0 Å². The Morgan fingerprint density at radius 2 is 1.67 bits per heavy atom. The molecule has 2 aromatic carbocycles. The number of fused-ring (bicyclic) bond motifs is 4. The fraction of sp³-hybridized carbons (Fsp3) is 0.333. The van der Waals surface area contributed by atoms with Crippen LogP contribution >= 0.6 is 0 Å². The normalized spacial score (nSPS) is 27.7. The van der Waals surface area contributed by atoms with Crippen molar-refractivity contribution in [2.24, 2.45) is 22.4 Å². The van der Waals surface area contributed by atoms with Gasteiger partial charge in [0.1, 0.15) is 6.04 Å². The van der Waals surface area contributed by atoms with E-state index in [0.717, 1.165) is 10.8 Å². The fourth-order valence-corrected chi connectivity index (χ4v) is 4.92. The van der Waals surface area contributed by atoms with E-state index in [2.05, 4.69) is 5.10 Å². The van der Waals surface area contributed by atoms with Gasteiger partial charge in [0.25, 0.3) is 0 Å². The highest BCUT2D eigenvalue weighted by Gasteiger charge is 2.64. The number of hydrazone groups is 1. The SMILES string of the molecule is CC(C)(C)C(=O)C1C2C(=O)N(c3cccc4ccccc34)C(=O)C2C2C=CC=NN21. The van der Waals surface area contributed by atoms with E-state index in [4.69, 9.17) is 0 Å². The minimum atomic E-state index is -0.752. The van der Waals surface area contributed by atoms with Crippen LogP contribution in [0.3, 0.4) is 0 Å². The molecule has 30 heavy (non-hydrogen) atoms. The quantitative estimate of drug-likeness (QED) is 0.725. The number of carbonyl (C=O) groups is 3. The summed E-state index contributed by atoms with van der Waals surface area (Å²) in [5.74, 6) is -2.02. The minimum absolute atomic E-state index is 0.0756. The molecular formula is C24H23N3O3. The summed E-state index contributed by atoms with van der Waals surface area (Å²) >= 11 is 0. The molecule has 5 rings (SSSR count). The number of hydrogen-bond donors (Lipinski definition) is 0. The lowest BCUT2D eigenvalue weighted by atomic mass is 9.80. The maximum Gasteiger partial charge on any atom is 0.240 e. The Balaban J connectivity index is 1.64. The van der Waals surface area contributed by atoms with E-state index in [1.165, 1.54) is 4.90 Å². The molecule has 3 aliphatic heterocycles. The predicted molar refractivity (Wildman–Crippen MR) is 115 cm³/mol. The van der Waals surface area contributed by atoms with Gasteiger partial charge in [-0.25, -0.2) is 4.90 Å². The van der Waals surface area contributed by atoms with Crippen LogP contribution in [0.25, 0.3) is 10.8 Å². The second-order valence-corrected chi connectivity index (χ2v) is 9.14. The number of amides is 2. The summed E-state index contributed by atoms with van der Waals surface area (Å²) in [6, 6.07) is 12.1. The maximum atomic E-state index is 13.7. The van der Waals surface area contributed by atoms with Crippen LogP contribution in [0.15, 0.2) is 59.7 Å². The summed E-state index contributed by atoms with van der Waals surface area (Å²) in [4.78, 5) is 41.9. The molecule has 0 saturated carbocycles. The molecule has 152 valence electrons. The molecule has 0 bridgehead atoms. The van der Waals surface area contributed by atoms with Crippen LogP contribution in [0, 0.1) is 17.3 Å². The van der Waals surface area contributed by atoms with Crippen LogP contribution in [0.5, 0.6) is 0 Å². The molecule has 3 aliphatic rings. The number of imide groups is 1. The van der Waals surface area contributed by atoms with Gasteiger partial charge in [0, 0.05) is 17.0 Å². The molecule has 0 N–H and O–H groups in total. The van der Waals surface area contributed by atoms with Gasteiger partial charge in [0.05, 0.1) is 23.6 Å². The van der Waals surface area contributed by atoms with Crippen LogP contribution < -0.4 is 4.90 Å². The van der Waals surface area contributed by atoms with Crippen LogP contribution in [-0.2, 0) is 14.4 Å². The first-order valence-corrected chi connectivity index (χ1v) is 10.2. The average molecular weight is 401 g/mol. The second kappa shape index (κ2) is 6.36. The summed E-state index contributed by atoms with van der Waals surface area (Å²) in [5.41, 5.74) is -0.0777. The Morgan fingerprint density at radius 1 is 0.967 bits per heavy atom. The first-order chi connectivity index (χ1) is 14.3. The lowest BCUT2D eigenvalue weighted by molar-refractivity contribution is -0.136. The van der Waals surface area contributed by atoms with Crippen molar-refractivity contribution in [3.05, 3.63) is 54.6 Å². The molecule has 2 amide bonds. The molecule has 0 aliphatic carbocycles. The first-order valence-electron chi connectivity index (χ1n) is 10.2. The molecule has 4 unspecified atom stereocenters. The van der Waals surface area contributed by atoms with Gasteiger partial charge in [-0.3, -0.25) is 19.4 Å². The number of benzene rings is 2. The number of hydrogen-bond acceptors (Lipinski definition) is 5. The Labute approximate surface area is 174 Å². The third kappa shape index (κ3) is 2.49. The van der Waals surface area contributed by atoms with Crippen LogP contribution in [0.2, 0.25) is 0 Å². The molecule has 0 spiro atoms. The van der Waals surface area contributed by atoms with Crippen LogP contribution in [-0.4, -0.2) is 40.9 Å². The van der Waals surface area contributed by atoms with Crippen LogP contribution in [0.4, 0.5) is 5.69 Å². The van der Waals surface area contributed by atoms with Crippen molar-refractivity contribution in [3.8, 4) is 0 Å². The van der Waals surface area contributed by atoms with E-state index >= 15 is 0 Å². The van der Waals surface area contributed by atoms with Gasteiger partial charge in [0.2, 0.25) is 11.8 Å². The lowest BCUT2D eigenvalue weighted by Gasteiger charge is -2.33. The van der Waals surface area contributed by atoms with Gasteiger partial charge in [-0.2, -0.15) is 5.10 Å². The first kappa shape index (κ1) is 18.7. The van der Waals surface area contributed by atoms with E-state index in [1.54, 1.807) is 23.4 Å². The summed E-state index contributed by atoms with van der Waals surface area (Å²) in [6.45, 7) is 5.51. The smallest absolute Gasteiger partial charge is 0.240 e. The number of anilines is 1. The van der Waals surface area contributed by atoms with Gasteiger partial charge in [-0.1, -0.05) is 63.2 Å². The van der Waals surface area contributed by atoms with Crippen molar-refractivity contribution >= 4 is 40.3 Å². The van der Waals surface area contributed by atoms with E-state index < -0.39 is 29.3 Å². The van der Waals surface area contributed by atoms with E-state index in [1.807, 2.05) is 63.2 Å². The van der Waals surface area contributed by atoms with Gasteiger partial charge in [0.15, 0.2) is 5.78 Å². The molecule has 6 heteroatoms. The van der Waals surface area contributed by atoms with E-state index in [-0.39, 0.29) is 17.6 Å². The number of ketones is 1. The number of carbonyl (C=O) groups excluding carboxylic acids is 3. The lowest BCUT2D eigenvalue weighted by Crippen LogP contribution is -2.49. The zero-order valence-electron chi connectivity index (χ0n) is 17.1. The molecule has 0 radical (unpaired) electrons. The van der Waals surface area contributed by atoms with E-state index in [9.17, 15) is 14.4 Å². The third-order valence-electron chi connectivity index (χ3n) is 6.31. The number of rotatable bonds is 2. The highest BCUT2D eigenvalue weighted by molar-refractivity contribution is 6.26. The predicted octanol–water partition coefficient (Wildman–Crippen LogP) is 3.17. The van der Waals surface area contributed by atoms with Crippen LogP contribution in [0.1, 0.15) is 20.8 Å². The Kier molecular flexibility index (Phi) is 3.97. The molecule has 2 saturated heterocycles. The standard InChI is InChI=1S/C24H23N3O3/c1-24(2,3)21(28)20-19-18(17-12-7-13-25-27(17)20)22(29)26(23(19)30)16-11-6-9-14-8-4-5-10-15(14)16/h4-13,17-20H,1-3H3. The monoisotopic (exact) mass is 401 g/mol. The van der Waals surface area contributed by atoms with Crippen molar-refractivity contribution < 1.29 is 14.4 Å². The zero-order chi connectivity index (χ0) is 21.2. The molecule has 0 aromatic heterocycles. The summed E-state index contributed by atoms with van der Waals surface area (Å²) in [6.07, 6.45) is 5.26. The number of Topliss-reactive ketones (excluding diaryl/α,β-unsaturated/α-hetero) is 1. The molecular weight excluding hydrogens is 378 g/mol. The number of allylic oxidation sites excluding steroid dienone is 1. The van der Waals surface area contributed by atoms with E-state index in [0.29, 0.717) is 5.69 Å². The second-order valence-electron chi connectivity index (χ2n) is 9.14. The number of nitrogens with zero attached hydrogens (tertiary/aromatic N) is 3. The summed E-state index contributed by atoms with van der Waals surface area (Å²) in [5, 5.41) is 7.85. The van der Waals surface area contributed by atoms with Crippen molar-refractivity contribution in [1.82, 2.24) is 5.01 Å². The average Bonchev–Trinajstić information content (AvgIpc) is 3.19. The van der Waals surface area contributed by atoms with Gasteiger partial charge < -0.3 is 0 Å². The van der Waals surface area contributed by atoms with Crippen molar-refractivity contribution in [2.75, 3.05) is 4.90 Å². The Hall–Kier alpha value is -3.28. The fourth-order valence-electron chi connectivity index (χ4n) is 4.92. The highest BCUT2D eigenvalue weighted by Crippen LogP contribution is 2.47. The molecule has 3 heterocycles. The summed E-state index contributed by atoms with van der Waals surface area (Å²) < 4.78 is 0. The molecule has 2 fully saturated rings. The van der Waals surface area contributed by atoms with Gasteiger partial charge in [-0.05, 0) is 17.5 Å². The molecule has 4 atom stereocenters. The summed E-state index contributed by atoms with van der Waals surface area (Å²) in [7, 11) is 0. The van der Waals surface area contributed by atoms with Crippen molar-refractivity contribution in [1.29, 1.82) is 0 Å². The minimum Gasteiger partial charge on any atom is -0.297 e. The maximum absolute atomic E-state index is 13.7. The van der Waals surface area contributed by atoms with Gasteiger partial charge in [-0.15, -0.1) is 0 Å². The third-order valence-corrected chi connectivity index (χ3v) is 6.31. The van der Waals surface area contributed by atoms with Crippen molar-refractivity contribution in [3.63, 3.8) is 0 Å². The van der Waals surface area contributed by atoms with Gasteiger partial charge >= 0.3 is 0 Å². The zero-order valence-corrected chi connectivity index (χ0v) is 17.1.